The zero-order chi connectivity index (χ0) is 17.2. The van der Waals surface area contributed by atoms with Gasteiger partial charge in [-0.3, -0.25) is 9.78 Å². The van der Waals surface area contributed by atoms with Crippen molar-refractivity contribution < 1.29 is 26.7 Å². The molecule has 1 N–H and O–H groups in total. The summed E-state index contributed by atoms with van der Waals surface area (Å²) in [6.45, 7) is 0. The van der Waals surface area contributed by atoms with Crippen LogP contribution >= 0.6 is 11.8 Å². The molecule has 0 atom stereocenters. The predicted molar refractivity (Wildman–Crippen MR) is 75.3 cm³/mol. The molecule has 0 spiro atoms. The Bertz CT molecular complexity index is 725. The lowest BCUT2D eigenvalue weighted by molar-refractivity contribution is -0.138. The predicted octanol–water partition coefficient (Wildman–Crippen LogP) is 4.35. The molecule has 2 aromatic rings. The van der Waals surface area contributed by atoms with Crippen molar-refractivity contribution in [1.29, 1.82) is 0 Å². The van der Waals surface area contributed by atoms with Gasteiger partial charge in [-0.25, -0.2) is 8.78 Å². The molecule has 23 heavy (non-hydrogen) atoms. The lowest BCUT2D eigenvalue weighted by Gasteiger charge is -2.12. The average Bonchev–Trinajstić information content (AvgIpc) is 2.46. The van der Waals surface area contributed by atoms with Crippen molar-refractivity contribution >= 4 is 23.4 Å². The summed E-state index contributed by atoms with van der Waals surface area (Å²) in [5.41, 5.74) is -2.21. The number of carbonyl (C=O) groups is 1. The van der Waals surface area contributed by atoms with E-state index in [2.05, 4.69) is 4.98 Å². The van der Waals surface area contributed by atoms with Gasteiger partial charge in [0.1, 0.15) is 11.6 Å². The van der Waals surface area contributed by atoms with Gasteiger partial charge < -0.3 is 5.32 Å². The van der Waals surface area contributed by atoms with Gasteiger partial charge in [-0.1, -0.05) is 0 Å². The van der Waals surface area contributed by atoms with Crippen molar-refractivity contribution in [3.05, 3.63) is 53.4 Å². The van der Waals surface area contributed by atoms with Crippen molar-refractivity contribution in [1.82, 2.24) is 4.98 Å². The van der Waals surface area contributed by atoms with E-state index in [4.69, 9.17) is 0 Å². The van der Waals surface area contributed by atoms with Crippen LogP contribution in [-0.4, -0.2) is 17.1 Å². The molecule has 1 amide bonds. The molecule has 9 heteroatoms. The highest BCUT2D eigenvalue weighted by Gasteiger charge is 2.35. The SMILES string of the molecule is CSc1c(F)cc(NC(=O)c2ccncc2C(F)(F)F)cc1F. The fraction of sp³-hybridized carbons (Fsp3) is 0.143. The number of halogens is 5. The Kier molecular flexibility index (Phi) is 4.88. The van der Waals surface area contributed by atoms with Gasteiger partial charge in [-0.2, -0.15) is 13.2 Å². The van der Waals surface area contributed by atoms with E-state index in [0.29, 0.717) is 6.20 Å². The van der Waals surface area contributed by atoms with Crippen LogP contribution in [-0.2, 0) is 6.18 Å². The molecule has 0 fully saturated rings. The second kappa shape index (κ2) is 6.53. The van der Waals surface area contributed by atoms with Gasteiger partial charge in [0, 0.05) is 18.1 Å². The molecule has 0 saturated carbocycles. The second-order valence-corrected chi connectivity index (χ2v) is 5.16. The van der Waals surface area contributed by atoms with Crippen LogP contribution in [0.1, 0.15) is 15.9 Å². The largest absolute Gasteiger partial charge is 0.418 e. The number of aromatic nitrogens is 1. The summed E-state index contributed by atoms with van der Waals surface area (Å²) in [5.74, 6) is -2.98. The first kappa shape index (κ1) is 17.2. The molecular formula is C14H9F5N2OS. The van der Waals surface area contributed by atoms with E-state index in [9.17, 15) is 26.7 Å². The zero-order valence-electron chi connectivity index (χ0n) is 11.5. The Balaban J connectivity index is 2.34. The summed E-state index contributed by atoms with van der Waals surface area (Å²) in [5, 5.41) is 2.05. The average molecular weight is 348 g/mol. The number of nitrogens with one attached hydrogen (secondary N) is 1. The third-order valence-electron chi connectivity index (χ3n) is 2.83. The monoisotopic (exact) mass is 348 g/mol. The minimum atomic E-state index is -4.78. The summed E-state index contributed by atoms with van der Waals surface area (Å²) >= 11 is 0.832. The first-order valence-corrected chi connectivity index (χ1v) is 7.32. The molecule has 0 unspecified atom stereocenters. The van der Waals surface area contributed by atoms with Crippen LogP contribution in [0.2, 0.25) is 0 Å². The van der Waals surface area contributed by atoms with Crippen LogP contribution in [0.5, 0.6) is 0 Å². The first-order chi connectivity index (χ1) is 10.7. The number of anilines is 1. The number of hydrogen-bond donors (Lipinski definition) is 1. The molecule has 0 aliphatic heterocycles. The lowest BCUT2D eigenvalue weighted by Crippen LogP contribution is -2.19. The quantitative estimate of drug-likeness (QED) is 0.662. The van der Waals surface area contributed by atoms with Gasteiger partial charge in [0.25, 0.3) is 5.91 Å². The highest BCUT2D eigenvalue weighted by atomic mass is 32.2. The minimum Gasteiger partial charge on any atom is -0.322 e. The number of carbonyl (C=O) groups excluding carboxylic acids is 1. The fourth-order valence-corrected chi connectivity index (χ4v) is 2.35. The molecule has 0 radical (unpaired) electrons. The first-order valence-electron chi connectivity index (χ1n) is 6.09. The van der Waals surface area contributed by atoms with Crippen molar-refractivity contribution in [3.63, 3.8) is 0 Å². The molecule has 2 rings (SSSR count). The summed E-state index contributed by atoms with van der Waals surface area (Å²) in [4.78, 5) is 15.1. The van der Waals surface area contributed by atoms with Gasteiger partial charge in [-0.05, 0) is 24.5 Å². The van der Waals surface area contributed by atoms with Crippen LogP contribution in [0.3, 0.4) is 0 Å². The highest BCUT2D eigenvalue weighted by molar-refractivity contribution is 7.98. The number of amides is 1. The van der Waals surface area contributed by atoms with Gasteiger partial charge in [0.2, 0.25) is 0 Å². The third kappa shape index (κ3) is 3.79. The standard InChI is InChI=1S/C14H9F5N2OS/c1-23-12-10(15)4-7(5-11(12)16)21-13(22)8-2-3-20-6-9(8)14(17,18)19/h2-6H,1H3,(H,21,22). The molecule has 0 aliphatic rings. The van der Waals surface area contributed by atoms with Crippen molar-refractivity contribution in [2.24, 2.45) is 0 Å². The summed E-state index contributed by atoms with van der Waals surface area (Å²) in [6, 6.07) is 2.55. The van der Waals surface area contributed by atoms with Gasteiger partial charge in [-0.15, -0.1) is 11.8 Å². The molecule has 1 aromatic carbocycles. The van der Waals surface area contributed by atoms with Gasteiger partial charge in [0.05, 0.1) is 16.0 Å². The van der Waals surface area contributed by atoms with Crippen LogP contribution in [0.15, 0.2) is 35.5 Å². The van der Waals surface area contributed by atoms with Crippen LogP contribution in [0, 0.1) is 11.6 Å². The summed E-state index contributed by atoms with van der Waals surface area (Å²) in [6.07, 6.45) is -1.79. The second-order valence-electron chi connectivity index (χ2n) is 4.35. The third-order valence-corrected chi connectivity index (χ3v) is 3.63. The van der Waals surface area contributed by atoms with Crippen LogP contribution in [0.25, 0.3) is 0 Å². The van der Waals surface area contributed by atoms with E-state index in [1.165, 1.54) is 6.26 Å². The lowest BCUT2D eigenvalue weighted by atomic mass is 10.1. The smallest absolute Gasteiger partial charge is 0.322 e. The number of thioether (sulfide) groups is 1. The molecule has 1 heterocycles. The number of rotatable bonds is 3. The van der Waals surface area contributed by atoms with Crippen molar-refractivity contribution in [2.75, 3.05) is 11.6 Å². The molecule has 0 saturated heterocycles. The Labute approximate surface area is 131 Å². The number of alkyl halides is 3. The topological polar surface area (TPSA) is 42.0 Å². The van der Waals surface area contributed by atoms with Crippen molar-refractivity contribution in [3.8, 4) is 0 Å². The van der Waals surface area contributed by atoms with E-state index in [1.54, 1.807) is 0 Å². The molecule has 3 nitrogen and oxygen atoms in total. The van der Waals surface area contributed by atoms with E-state index in [0.717, 1.165) is 36.2 Å². The summed E-state index contributed by atoms with van der Waals surface area (Å²) < 4.78 is 65.8. The maximum atomic E-state index is 13.6. The number of pyridine rings is 1. The molecule has 1 aromatic heterocycles. The maximum absolute atomic E-state index is 13.6. The van der Waals surface area contributed by atoms with E-state index in [1.807, 2.05) is 5.32 Å². The number of nitrogens with zero attached hydrogens (tertiary/aromatic N) is 1. The molecular weight excluding hydrogens is 339 g/mol. The minimum absolute atomic E-state index is 0.247. The zero-order valence-corrected chi connectivity index (χ0v) is 12.4. The summed E-state index contributed by atoms with van der Waals surface area (Å²) in [7, 11) is 0. The Morgan fingerprint density at radius 1 is 1.22 bits per heavy atom. The van der Waals surface area contributed by atoms with E-state index < -0.39 is 34.8 Å². The normalized spacial score (nSPS) is 11.4. The van der Waals surface area contributed by atoms with Gasteiger partial charge >= 0.3 is 6.18 Å². The Morgan fingerprint density at radius 3 is 2.35 bits per heavy atom. The van der Waals surface area contributed by atoms with Gasteiger partial charge in [0.15, 0.2) is 0 Å². The Hall–Kier alpha value is -2.16. The fourth-order valence-electron chi connectivity index (χ4n) is 1.84. The molecule has 0 bridgehead atoms. The Morgan fingerprint density at radius 2 is 1.83 bits per heavy atom. The maximum Gasteiger partial charge on any atom is 0.418 e. The highest BCUT2D eigenvalue weighted by Crippen LogP contribution is 2.32. The molecule has 122 valence electrons. The number of benzene rings is 1. The van der Waals surface area contributed by atoms with Crippen molar-refractivity contribution in [2.45, 2.75) is 11.1 Å². The number of hydrogen-bond acceptors (Lipinski definition) is 3. The van der Waals surface area contributed by atoms with E-state index in [-0.39, 0.29) is 10.6 Å². The van der Waals surface area contributed by atoms with Crippen LogP contribution < -0.4 is 5.32 Å². The molecule has 0 aliphatic carbocycles. The van der Waals surface area contributed by atoms with Crippen LogP contribution in [0.4, 0.5) is 27.6 Å². The van der Waals surface area contributed by atoms with E-state index >= 15 is 0 Å².